The van der Waals surface area contributed by atoms with Gasteiger partial charge in [-0.05, 0) is 74.5 Å². The van der Waals surface area contributed by atoms with Gasteiger partial charge in [-0.1, -0.05) is 66.2 Å². The lowest BCUT2D eigenvalue weighted by Gasteiger charge is -2.32. The van der Waals surface area contributed by atoms with Gasteiger partial charge in [0.25, 0.3) is 0 Å². The fraction of sp³-hybridized carbons (Fsp3) is 0.300. The van der Waals surface area contributed by atoms with Crippen molar-refractivity contribution in [1.82, 2.24) is 9.47 Å². The number of thiocarbonyl (C=S) groups is 1. The molecule has 1 aromatic heterocycles. The van der Waals surface area contributed by atoms with Crippen molar-refractivity contribution >= 4 is 39.6 Å². The SMILES string of the molecule is Cc1ccc(NC(=S)N=Nc2c(O)n(CN3CCC(Cc4ccccc4)CC3)c3ccccc23)c(C)c1. The summed E-state index contributed by atoms with van der Waals surface area (Å²) in [6.07, 6.45) is 3.44. The van der Waals surface area contributed by atoms with Crippen LogP contribution < -0.4 is 5.32 Å². The van der Waals surface area contributed by atoms with E-state index in [-0.39, 0.29) is 11.0 Å². The minimum atomic E-state index is 0.116. The third-order valence-corrected chi connectivity index (χ3v) is 7.38. The molecule has 0 bridgehead atoms. The summed E-state index contributed by atoms with van der Waals surface area (Å²) in [5.41, 5.74) is 5.97. The molecule has 0 saturated carbocycles. The van der Waals surface area contributed by atoms with E-state index in [9.17, 15) is 5.11 Å². The molecule has 190 valence electrons. The van der Waals surface area contributed by atoms with E-state index in [0.717, 1.165) is 54.5 Å². The number of aromatic nitrogens is 1. The molecule has 1 saturated heterocycles. The molecule has 37 heavy (non-hydrogen) atoms. The van der Waals surface area contributed by atoms with Crippen LogP contribution in [0.15, 0.2) is 83.0 Å². The number of anilines is 1. The van der Waals surface area contributed by atoms with Crippen LogP contribution in [0.4, 0.5) is 11.4 Å². The van der Waals surface area contributed by atoms with Crippen molar-refractivity contribution < 1.29 is 5.11 Å². The number of para-hydroxylation sites is 1. The van der Waals surface area contributed by atoms with Gasteiger partial charge >= 0.3 is 0 Å². The number of nitrogens with one attached hydrogen (secondary N) is 1. The highest BCUT2D eigenvalue weighted by atomic mass is 32.1. The zero-order valence-electron chi connectivity index (χ0n) is 21.4. The van der Waals surface area contributed by atoms with Crippen molar-refractivity contribution in [3.63, 3.8) is 0 Å². The van der Waals surface area contributed by atoms with Crippen LogP contribution in [0.3, 0.4) is 0 Å². The number of fused-ring (bicyclic) bond motifs is 1. The van der Waals surface area contributed by atoms with Crippen LogP contribution >= 0.6 is 12.2 Å². The Morgan fingerprint density at radius 1 is 1.00 bits per heavy atom. The molecular formula is C30H33N5OS. The molecular weight excluding hydrogens is 478 g/mol. The Balaban J connectivity index is 1.28. The molecule has 1 aliphatic heterocycles. The molecule has 2 heterocycles. The lowest BCUT2D eigenvalue weighted by Crippen LogP contribution is -2.35. The van der Waals surface area contributed by atoms with E-state index in [2.05, 4.69) is 63.8 Å². The summed E-state index contributed by atoms with van der Waals surface area (Å²) < 4.78 is 1.93. The van der Waals surface area contributed by atoms with Crippen LogP contribution in [0.1, 0.15) is 29.5 Å². The number of azo groups is 1. The minimum absolute atomic E-state index is 0.116. The molecule has 0 spiro atoms. The fourth-order valence-electron chi connectivity index (χ4n) is 5.18. The number of piperidine rings is 1. The summed E-state index contributed by atoms with van der Waals surface area (Å²) in [6.45, 7) is 6.71. The third kappa shape index (κ3) is 5.89. The number of aryl methyl sites for hydroxylation is 2. The van der Waals surface area contributed by atoms with Crippen LogP contribution in [0.5, 0.6) is 5.88 Å². The summed E-state index contributed by atoms with van der Waals surface area (Å²) in [7, 11) is 0. The van der Waals surface area contributed by atoms with Crippen molar-refractivity contribution in [2.75, 3.05) is 18.4 Å². The van der Waals surface area contributed by atoms with Crippen LogP contribution in [0.25, 0.3) is 10.9 Å². The first-order valence-electron chi connectivity index (χ1n) is 12.8. The van der Waals surface area contributed by atoms with Gasteiger partial charge in [-0.3, -0.25) is 9.47 Å². The molecule has 7 heteroatoms. The predicted molar refractivity (Wildman–Crippen MR) is 155 cm³/mol. The largest absolute Gasteiger partial charge is 0.493 e. The summed E-state index contributed by atoms with van der Waals surface area (Å²) in [6, 6.07) is 24.8. The summed E-state index contributed by atoms with van der Waals surface area (Å²) >= 11 is 5.42. The number of benzene rings is 3. The Hall–Kier alpha value is -3.55. The number of likely N-dealkylation sites (tertiary alicyclic amines) is 1. The Labute approximate surface area is 223 Å². The second kappa shape index (κ2) is 11.2. The van der Waals surface area contributed by atoms with E-state index in [1.165, 1.54) is 11.1 Å². The quantitative estimate of drug-likeness (QED) is 0.210. The normalized spacial score (nSPS) is 15.0. The van der Waals surface area contributed by atoms with E-state index in [1.807, 2.05) is 47.9 Å². The first-order valence-corrected chi connectivity index (χ1v) is 13.2. The number of hydrogen-bond acceptors (Lipinski definition) is 4. The van der Waals surface area contributed by atoms with Crippen molar-refractivity contribution in [2.45, 2.75) is 39.8 Å². The molecule has 0 amide bonds. The zero-order valence-corrected chi connectivity index (χ0v) is 22.2. The standard InChI is InChI=1S/C30H33N5OS/c1-21-12-13-26(22(2)18-21)31-30(37)33-32-28-25-10-6-7-11-27(25)35(29(28)36)20-34-16-14-24(15-17-34)19-23-8-4-3-5-9-23/h3-13,18,24,36H,14-17,19-20H2,1-2H3,(H,31,37). The smallest absolute Gasteiger partial charge is 0.221 e. The molecule has 5 rings (SSSR count). The van der Waals surface area contributed by atoms with Crippen LogP contribution in [-0.2, 0) is 13.1 Å². The van der Waals surface area contributed by atoms with E-state index in [4.69, 9.17) is 12.2 Å². The van der Waals surface area contributed by atoms with E-state index in [1.54, 1.807) is 0 Å². The first kappa shape index (κ1) is 25.1. The van der Waals surface area contributed by atoms with Gasteiger partial charge in [0.05, 0.1) is 12.2 Å². The Morgan fingerprint density at radius 2 is 1.73 bits per heavy atom. The van der Waals surface area contributed by atoms with Gasteiger partial charge in [0.2, 0.25) is 11.0 Å². The maximum atomic E-state index is 11.2. The molecule has 3 aromatic carbocycles. The number of hydrogen-bond donors (Lipinski definition) is 2. The second-order valence-electron chi connectivity index (χ2n) is 9.96. The van der Waals surface area contributed by atoms with Crippen molar-refractivity contribution in [3.05, 3.63) is 89.5 Å². The first-order chi connectivity index (χ1) is 18.0. The van der Waals surface area contributed by atoms with Crippen molar-refractivity contribution in [3.8, 4) is 5.88 Å². The molecule has 1 fully saturated rings. The molecule has 6 nitrogen and oxygen atoms in total. The van der Waals surface area contributed by atoms with Crippen molar-refractivity contribution in [1.29, 1.82) is 0 Å². The molecule has 0 aliphatic carbocycles. The van der Waals surface area contributed by atoms with Crippen LogP contribution in [-0.4, -0.2) is 32.8 Å². The highest BCUT2D eigenvalue weighted by Crippen LogP contribution is 2.39. The molecule has 2 N–H and O–H groups in total. The minimum Gasteiger partial charge on any atom is -0.493 e. The van der Waals surface area contributed by atoms with Gasteiger partial charge in [0, 0.05) is 24.2 Å². The van der Waals surface area contributed by atoms with E-state index < -0.39 is 0 Å². The molecule has 0 unspecified atom stereocenters. The number of aromatic hydroxyl groups is 1. The van der Waals surface area contributed by atoms with Gasteiger partial charge in [-0.2, -0.15) is 0 Å². The van der Waals surface area contributed by atoms with Gasteiger partial charge in [-0.25, -0.2) is 0 Å². The average molecular weight is 512 g/mol. The summed E-state index contributed by atoms with van der Waals surface area (Å²) in [5, 5.41) is 24.1. The summed E-state index contributed by atoms with van der Waals surface area (Å²) in [5.74, 6) is 0.814. The maximum Gasteiger partial charge on any atom is 0.221 e. The average Bonchev–Trinajstić information content (AvgIpc) is 3.16. The Bertz CT molecular complexity index is 1420. The van der Waals surface area contributed by atoms with Crippen molar-refractivity contribution in [2.24, 2.45) is 16.1 Å². The highest BCUT2D eigenvalue weighted by molar-refractivity contribution is 7.80. The lowest BCUT2D eigenvalue weighted by molar-refractivity contribution is 0.145. The number of rotatable bonds is 6. The molecule has 0 atom stereocenters. The van der Waals surface area contributed by atoms with Gasteiger partial charge in [0.1, 0.15) is 0 Å². The van der Waals surface area contributed by atoms with E-state index >= 15 is 0 Å². The maximum absolute atomic E-state index is 11.2. The molecule has 1 aliphatic rings. The third-order valence-electron chi connectivity index (χ3n) is 7.20. The fourth-order valence-corrected chi connectivity index (χ4v) is 5.33. The monoisotopic (exact) mass is 511 g/mol. The van der Waals surface area contributed by atoms with Gasteiger partial charge in [-0.15, -0.1) is 10.2 Å². The van der Waals surface area contributed by atoms with Crippen LogP contribution in [0.2, 0.25) is 0 Å². The number of nitrogens with zero attached hydrogens (tertiary/aromatic N) is 4. The van der Waals surface area contributed by atoms with Gasteiger partial charge in [0.15, 0.2) is 5.69 Å². The predicted octanol–water partition coefficient (Wildman–Crippen LogP) is 7.36. The molecule has 0 radical (unpaired) electrons. The van der Waals surface area contributed by atoms with E-state index in [0.29, 0.717) is 18.3 Å². The zero-order chi connectivity index (χ0) is 25.8. The second-order valence-corrected chi connectivity index (χ2v) is 10.3. The summed E-state index contributed by atoms with van der Waals surface area (Å²) in [4.78, 5) is 2.40. The lowest BCUT2D eigenvalue weighted by atomic mass is 9.90. The molecule has 4 aromatic rings. The Morgan fingerprint density at radius 3 is 2.49 bits per heavy atom. The highest BCUT2D eigenvalue weighted by Gasteiger charge is 2.23. The van der Waals surface area contributed by atoms with Gasteiger partial charge < -0.3 is 10.4 Å². The topological polar surface area (TPSA) is 65.2 Å². The Kier molecular flexibility index (Phi) is 7.63. The van der Waals surface area contributed by atoms with Crippen LogP contribution in [0, 0.1) is 19.8 Å².